The molecule has 0 aliphatic rings. The third kappa shape index (κ3) is 2.59. The quantitative estimate of drug-likeness (QED) is 0.636. The lowest BCUT2D eigenvalue weighted by Crippen LogP contribution is -2.38. The summed E-state index contributed by atoms with van der Waals surface area (Å²) >= 11 is 0. The van der Waals surface area contributed by atoms with Gasteiger partial charge in [0.15, 0.2) is 5.78 Å². The van der Waals surface area contributed by atoms with E-state index >= 15 is 0 Å². The van der Waals surface area contributed by atoms with E-state index in [0.29, 0.717) is 0 Å². The van der Waals surface area contributed by atoms with E-state index in [1.54, 1.807) is 7.11 Å². The molecule has 0 heterocycles. The number of Topliss-reactive ketones (excluding diaryl/α,β-unsaturated/α-hetero) is 1. The van der Waals surface area contributed by atoms with Crippen LogP contribution in [0.4, 0.5) is 0 Å². The minimum absolute atomic E-state index is 0.153. The van der Waals surface area contributed by atoms with Crippen LogP contribution in [0.3, 0.4) is 0 Å². The molecule has 0 saturated carbocycles. The molecule has 0 aliphatic carbocycles. The molecule has 72 valence electrons. The fourth-order valence-corrected chi connectivity index (χ4v) is 1.25. The van der Waals surface area contributed by atoms with E-state index in [4.69, 9.17) is 4.74 Å². The minimum Gasteiger partial charge on any atom is -0.371 e. The van der Waals surface area contributed by atoms with Gasteiger partial charge in [-0.15, -0.1) is 0 Å². The zero-order valence-electron chi connectivity index (χ0n) is 8.81. The fraction of sp³-hybridized carbons (Fsp3) is 0.900. The molecule has 0 rings (SSSR count). The Morgan fingerprint density at radius 1 is 1.33 bits per heavy atom. The molecule has 0 amide bonds. The highest BCUT2D eigenvalue weighted by Gasteiger charge is 2.31. The van der Waals surface area contributed by atoms with E-state index < -0.39 is 5.60 Å². The van der Waals surface area contributed by atoms with Crippen molar-refractivity contribution in [2.45, 2.75) is 46.1 Å². The Kier molecular flexibility index (Phi) is 4.46. The van der Waals surface area contributed by atoms with Crippen LogP contribution in [0.1, 0.15) is 40.5 Å². The maximum Gasteiger partial charge on any atom is 0.167 e. The highest BCUT2D eigenvalue weighted by Crippen LogP contribution is 2.20. The van der Waals surface area contributed by atoms with Crippen molar-refractivity contribution in [1.29, 1.82) is 0 Å². The molecule has 0 bridgehead atoms. The predicted octanol–water partition coefficient (Wildman–Crippen LogP) is 2.42. The zero-order chi connectivity index (χ0) is 9.78. The van der Waals surface area contributed by atoms with Gasteiger partial charge in [-0.3, -0.25) is 4.79 Å². The Bertz CT molecular complexity index is 146. The summed E-state index contributed by atoms with van der Waals surface area (Å²) in [4.78, 5) is 11.7. The zero-order valence-corrected chi connectivity index (χ0v) is 8.81. The normalized spacial score (nSPS) is 12.2. The van der Waals surface area contributed by atoms with Gasteiger partial charge < -0.3 is 4.74 Å². The Morgan fingerprint density at radius 2 is 1.75 bits per heavy atom. The van der Waals surface area contributed by atoms with Crippen molar-refractivity contribution in [1.82, 2.24) is 0 Å². The Labute approximate surface area is 75.3 Å². The number of ether oxygens (including phenoxy) is 1. The highest BCUT2D eigenvalue weighted by atomic mass is 16.5. The second kappa shape index (κ2) is 4.61. The van der Waals surface area contributed by atoms with Gasteiger partial charge in [-0.1, -0.05) is 13.8 Å². The first-order chi connectivity index (χ1) is 5.49. The maximum atomic E-state index is 11.7. The number of carbonyl (C=O) groups excluding carboxylic acids is 1. The molecule has 0 aliphatic heterocycles. The molecule has 0 saturated heterocycles. The molecule has 0 fully saturated rings. The van der Waals surface area contributed by atoms with Crippen molar-refractivity contribution in [3.8, 4) is 0 Å². The number of methoxy groups -OCH3 is 1. The molecule has 2 heteroatoms. The maximum absolute atomic E-state index is 11.7. The molecule has 0 radical (unpaired) electrons. The summed E-state index contributed by atoms with van der Waals surface area (Å²) in [5, 5.41) is 0. The third-order valence-corrected chi connectivity index (χ3v) is 2.46. The van der Waals surface area contributed by atoms with E-state index in [2.05, 4.69) is 0 Å². The lowest BCUT2D eigenvalue weighted by molar-refractivity contribution is -0.141. The van der Waals surface area contributed by atoms with Gasteiger partial charge in [0.1, 0.15) is 5.60 Å². The van der Waals surface area contributed by atoms with Gasteiger partial charge in [0.2, 0.25) is 0 Å². The lowest BCUT2D eigenvalue weighted by Gasteiger charge is -2.25. The Morgan fingerprint density at radius 3 is 2.00 bits per heavy atom. The number of ketones is 1. The van der Waals surface area contributed by atoms with Crippen LogP contribution in [-0.2, 0) is 9.53 Å². The third-order valence-electron chi connectivity index (χ3n) is 2.46. The number of rotatable bonds is 5. The monoisotopic (exact) mass is 172 g/mol. The summed E-state index contributed by atoms with van der Waals surface area (Å²) in [6, 6.07) is 0. The van der Waals surface area contributed by atoms with Crippen LogP contribution in [0.2, 0.25) is 0 Å². The molecule has 0 spiro atoms. The van der Waals surface area contributed by atoms with Crippen LogP contribution in [-0.4, -0.2) is 18.5 Å². The summed E-state index contributed by atoms with van der Waals surface area (Å²) < 4.78 is 5.13. The van der Waals surface area contributed by atoms with Crippen molar-refractivity contribution in [3.63, 3.8) is 0 Å². The van der Waals surface area contributed by atoms with E-state index in [1.165, 1.54) is 0 Å². The van der Waals surface area contributed by atoms with Crippen LogP contribution in [0.5, 0.6) is 0 Å². The smallest absolute Gasteiger partial charge is 0.167 e. The minimum atomic E-state index is -0.614. The lowest BCUT2D eigenvalue weighted by atomic mass is 9.88. The highest BCUT2D eigenvalue weighted by molar-refractivity contribution is 5.88. The van der Waals surface area contributed by atoms with Crippen molar-refractivity contribution < 1.29 is 9.53 Å². The first-order valence-corrected chi connectivity index (χ1v) is 4.59. The molecule has 0 aromatic carbocycles. The van der Waals surface area contributed by atoms with E-state index in [0.717, 1.165) is 12.8 Å². The molecule has 0 aromatic heterocycles. The van der Waals surface area contributed by atoms with Crippen LogP contribution in [0.25, 0.3) is 0 Å². The largest absolute Gasteiger partial charge is 0.371 e. The molecule has 0 atom stereocenters. The number of hydrogen-bond acceptors (Lipinski definition) is 2. The average molecular weight is 172 g/mol. The number of carbonyl (C=O) groups is 1. The second-order valence-corrected chi connectivity index (χ2v) is 3.59. The van der Waals surface area contributed by atoms with Crippen LogP contribution in [0.15, 0.2) is 0 Å². The molecule has 12 heavy (non-hydrogen) atoms. The van der Waals surface area contributed by atoms with Gasteiger partial charge in [-0.05, 0) is 26.7 Å². The SMILES string of the molecule is CCC(CC)C(=O)C(C)(C)OC. The molecule has 0 aromatic rings. The van der Waals surface area contributed by atoms with Gasteiger partial charge in [0, 0.05) is 13.0 Å². The van der Waals surface area contributed by atoms with Crippen molar-refractivity contribution in [2.24, 2.45) is 5.92 Å². The summed E-state index contributed by atoms with van der Waals surface area (Å²) in [5.74, 6) is 0.370. The number of hydrogen-bond donors (Lipinski definition) is 0. The van der Waals surface area contributed by atoms with Gasteiger partial charge >= 0.3 is 0 Å². The predicted molar refractivity (Wildman–Crippen MR) is 50.2 cm³/mol. The fourth-order valence-electron chi connectivity index (χ4n) is 1.25. The van der Waals surface area contributed by atoms with Crippen LogP contribution >= 0.6 is 0 Å². The standard InChI is InChI=1S/C10H20O2/c1-6-8(7-2)9(11)10(3,4)12-5/h8H,6-7H2,1-5H3. The molecule has 0 unspecified atom stereocenters. The molecular weight excluding hydrogens is 152 g/mol. The summed E-state index contributed by atoms with van der Waals surface area (Å²) in [6.45, 7) is 7.73. The van der Waals surface area contributed by atoms with Gasteiger partial charge in [0.05, 0.1) is 0 Å². The average Bonchev–Trinajstić information content (AvgIpc) is 2.06. The van der Waals surface area contributed by atoms with Crippen LogP contribution in [0, 0.1) is 5.92 Å². The van der Waals surface area contributed by atoms with Gasteiger partial charge in [-0.25, -0.2) is 0 Å². The molecular formula is C10H20O2. The summed E-state index contributed by atoms with van der Waals surface area (Å²) in [7, 11) is 1.58. The summed E-state index contributed by atoms with van der Waals surface area (Å²) in [6.07, 6.45) is 1.81. The molecule has 0 N–H and O–H groups in total. The Balaban J connectivity index is 4.35. The van der Waals surface area contributed by atoms with Crippen molar-refractivity contribution in [2.75, 3.05) is 7.11 Å². The van der Waals surface area contributed by atoms with E-state index in [-0.39, 0.29) is 11.7 Å². The van der Waals surface area contributed by atoms with E-state index in [9.17, 15) is 4.79 Å². The van der Waals surface area contributed by atoms with Crippen molar-refractivity contribution in [3.05, 3.63) is 0 Å². The van der Waals surface area contributed by atoms with Crippen LogP contribution < -0.4 is 0 Å². The first-order valence-electron chi connectivity index (χ1n) is 4.59. The second-order valence-electron chi connectivity index (χ2n) is 3.59. The topological polar surface area (TPSA) is 26.3 Å². The summed E-state index contributed by atoms with van der Waals surface area (Å²) in [5.41, 5.74) is -0.614. The molecule has 2 nitrogen and oxygen atoms in total. The Hall–Kier alpha value is -0.370. The van der Waals surface area contributed by atoms with Gasteiger partial charge in [-0.2, -0.15) is 0 Å². The van der Waals surface area contributed by atoms with Crippen molar-refractivity contribution >= 4 is 5.78 Å². The van der Waals surface area contributed by atoms with Gasteiger partial charge in [0.25, 0.3) is 0 Å². The first kappa shape index (κ1) is 11.6. The van der Waals surface area contributed by atoms with E-state index in [1.807, 2.05) is 27.7 Å².